The monoisotopic (exact) mass is 207 g/mol. The van der Waals surface area contributed by atoms with Crippen molar-refractivity contribution in [2.45, 2.75) is 0 Å². The number of nitrogens with zero attached hydrogens (tertiary/aromatic N) is 1. The fourth-order valence-corrected chi connectivity index (χ4v) is 1.02. The van der Waals surface area contributed by atoms with Gasteiger partial charge in [-0.15, -0.1) is 0 Å². The van der Waals surface area contributed by atoms with E-state index in [4.69, 9.17) is 15.9 Å². The summed E-state index contributed by atoms with van der Waals surface area (Å²) in [7, 11) is 1.48. The zero-order chi connectivity index (χ0) is 11.3. The molecular formula is C10H13N3O2. The van der Waals surface area contributed by atoms with Crippen LogP contribution in [0.3, 0.4) is 0 Å². The van der Waals surface area contributed by atoms with Crippen molar-refractivity contribution in [3.8, 4) is 11.5 Å². The van der Waals surface area contributed by atoms with Crippen LogP contribution in [0.15, 0.2) is 23.2 Å². The minimum absolute atomic E-state index is 0.0111. The van der Waals surface area contributed by atoms with Gasteiger partial charge in [0.1, 0.15) is 5.84 Å². The molecule has 0 aromatic heterocycles. The number of aliphatic imine (C=N–C) groups is 1. The second-order valence-electron chi connectivity index (χ2n) is 2.93. The molecule has 0 aliphatic heterocycles. The van der Waals surface area contributed by atoms with Gasteiger partial charge in [-0.3, -0.25) is 10.4 Å². The number of amidine groups is 1. The van der Waals surface area contributed by atoms with E-state index in [2.05, 4.69) is 4.99 Å². The average Bonchev–Trinajstić information content (AvgIpc) is 2.20. The third-order valence-corrected chi connectivity index (χ3v) is 1.71. The number of hydrogen-bond acceptors (Lipinski definition) is 4. The van der Waals surface area contributed by atoms with Crippen molar-refractivity contribution in [1.82, 2.24) is 0 Å². The first kappa shape index (κ1) is 11.0. The standard InChI is InChI=1S/C10H13N3O2/c1-15-9-4-7(2-3-8(9)14)5-13-6-10(11)12/h2-5,14H,6H2,1H3,(H3,11,12). The molecule has 5 nitrogen and oxygen atoms in total. The highest BCUT2D eigenvalue weighted by Crippen LogP contribution is 2.25. The Bertz CT molecular complexity index is 388. The first-order chi connectivity index (χ1) is 7.13. The normalized spacial score (nSPS) is 10.5. The largest absolute Gasteiger partial charge is 0.504 e. The van der Waals surface area contributed by atoms with Crippen LogP contribution in [0.5, 0.6) is 11.5 Å². The van der Waals surface area contributed by atoms with Crippen molar-refractivity contribution in [1.29, 1.82) is 5.41 Å². The molecule has 0 aliphatic carbocycles. The van der Waals surface area contributed by atoms with E-state index >= 15 is 0 Å². The molecule has 0 spiro atoms. The molecule has 1 aromatic rings. The molecule has 1 rings (SSSR count). The van der Waals surface area contributed by atoms with Gasteiger partial charge in [0.2, 0.25) is 0 Å². The van der Waals surface area contributed by atoms with E-state index < -0.39 is 0 Å². The molecule has 0 bridgehead atoms. The minimum Gasteiger partial charge on any atom is -0.504 e. The first-order valence-corrected chi connectivity index (χ1v) is 4.33. The maximum Gasteiger partial charge on any atom is 0.161 e. The summed E-state index contributed by atoms with van der Waals surface area (Å²) in [4.78, 5) is 3.93. The van der Waals surface area contributed by atoms with Gasteiger partial charge in [-0.25, -0.2) is 0 Å². The predicted octanol–water partition coefficient (Wildman–Crippen LogP) is 0.756. The Hall–Kier alpha value is -2.04. The first-order valence-electron chi connectivity index (χ1n) is 4.33. The quantitative estimate of drug-likeness (QED) is 0.502. The van der Waals surface area contributed by atoms with Gasteiger partial charge in [-0.05, 0) is 23.8 Å². The minimum atomic E-state index is 0.0111. The lowest BCUT2D eigenvalue weighted by atomic mass is 10.2. The molecule has 0 fully saturated rings. The van der Waals surface area contributed by atoms with Crippen LogP contribution >= 0.6 is 0 Å². The Morgan fingerprint density at radius 1 is 1.67 bits per heavy atom. The highest BCUT2D eigenvalue weighted by Gasteiger charge is 2.00. The summed E-state index contributed by atoms with van der Waals surface area (Å²) < 4.78 is 4.93. The van der Waals surface area contributed by atoms with Crippen molar-refractivity contribution in [2.24, 2.45) is 10.7 Å². The van der Waals surface area contributed by atoms with E-state index in [-0.39, 0.29) is 18.1 Å². The molecule has 1 aromatic carbocycles. The maximum atomic E-state index is 9.32. The number of phenols is 1. The number of hydrogen-bond donors (Lipinski definition) is 3. The number of benzene rings is 1. The number of aromatic hydroxyl groups is 1. The van der Waals surface area contributed by atoms with Crippen LogP contribution in [0, 0.1) is 5.41 Å². The van der Waals surface area contributed by atoms with Crippen molar-refractivity contribution < 1.29 is 9.84 Å². The molecule has 80 valence electrons. The number of ether oxygens (including phenoxy) is 1. The van der Waals surface area contributed by atoms with Crippen LogP contribution in [0.1, 0.15) is 5.56 Å². The molecule has 0 aliphatic rings. The topological polar surface area (TPSA) is 91.7 Å². The molecular weight excluding hydrogens is 194 g/mol. The number of methoxy groups -OCH3 is 1. The van der Waals surface area contributed by atoms with Gasteiger partial charge in [0.15, 0.2) is 11.5 Å². The summed E-state index contributed by atoms with van der Waals surface area (Å²) in [6.07, 6.45) is 1.57. The third-order valence-electron chi connectivity index (χ3n) is 1.71. The van der Waals surface area contributed by atoms with E-state index in [1.807, 2.05) is 0 Å². The van der Waals surface area contributed by atoms with E-state index in [1.165, 1.54) is 13.2 Å². The zero-order valence-electron chi connectivity index (χ0n) is 8.40. The lowest BCUT2D eigenvalue weighted by molar-refractivity contribution is 0.373. The zero-order valence-corrected chi connectivity index (χ0v) is 8.40. The second kappa shape index (κ2) is 4.99. The number of nitrogens with two attached hydrogens (primary N) is 1. The highest BCUT2D eigenvalue weighted by atomic mass is 16.5. The Morgan fingerprint density at radius 3 is 3.00 bits per heavy atom. The van der Waals surface area contributed by atoms with Crippen LogP contribution < -0.4 is 10.5 Å². The van der Waals surface area contributed by atoms with Gasteiger partial charge in [0, 0.05) is 6.21 Å². The van der Waals surface area contributed by atoms with Gasteiger partial charge in [0.25, 0.3) is 0 Å². The van der Waals surface area contributed by atoms with E-state index in [9.17, 15) is 5.11 Å². The second-order valence-corrected chi connectivity index (χ2v) is 2.93. The van der Waals surface area contributed by atoms with Crippen molar-refractivity contribution in [3.63, 3.8) is 0 Å². The molecule has 0 saturated carbocycles. The van der Waals surface area contributed by atoms with Gasteiger partial charge in [-0.2, -0.15) is 0 Å². The number of rotatable bonds is 4. The number of nitrogens with one attached hydrogen (secondary N) is 1. The van der Waals surface area contributed by atoms with Crippen LogP contribution in [0.2, 0.25) is 0 Å². The van der Waals surface area contributed by atoms with Crippen LogP contribution in [-0.4, -0.2) is 30.8 Å². The van der Waals surface area contributed by atoms with Crippen molar-refractivity contribution >= 4 is 12.1 Å². The van der Waals surface area contributed by atoms with Gasteiger partial charge < -0.3 is 15.6 Å². The fraction of sp³-hybridized carbons (Fsp3) is 0.200. The summed E-state index contributed by atoms with van der Waals surface area (Å²) >= 11 is 0. The summed E-state index contributed by atoms with van der Waals surface area (Å²) in [6.45, 7) is 0.170. The summed E-state index contributed by atoms with van der Waals surface area (Å²) in [5.41, 5.74) is 5.92. The average molecular weight is 207 g/mol. The van der Waals surface area contributed by atoms with Gasteiger partial charge in [-0.1, -0.05) is 0 Å². The SMILES string of the molecule is COc1cc(C=NCC(=N)N)ccc1O. The molecule has 5 heteroatoms. The number of phenolic OH excluding ortho intramolecular Hbond substituents is 1. The van der Waals surface area contributed by atoms with Crippen molar-refractivity contribution in [3.05, 3.63) is 23.8 Å². The lowest BCUT2D eigenvalue weighted by Gasteiger charge is -2.03. The van der Waals surface area contributed by atoms with E-state index in [0.717, 1.165) is 5.56 Å². The Labute approximate surface area is 87.7 Å². The molecule has 0 amide bonds. The molecule has 0 atom stereocenters. The molecule has 15 heavy (non-hydrogen) atoms. The maximum absolute atomic E-state index is 9.32. The van der Waals surface area contributed by atoms with Crippen molar-refractivity contribution in [2.75, 3.05) is 13.7 Å². The molecule has 0 heterocycles. The lowest BCUT2D eigenvalue weighted by Crippen LogP contribution is -2.12. The van der Waals surface area contributed by atoms with Gasteiger partial charge in [0.05, 0.1) is 13.7 Å². The molecule has 0 unspecified atom stereocenters. The van der Waals surface area contributed by atoms with E-state index in [1.54, 1.807) is 18.3 Å². The van der Waals surface area contributed by atoms with E-state index in [0.29, 0.717) is 5.75 Å². The van der Waals surface area contributed by atoms with Gasteiger partial charge >= 0.3 is 0 Å². The molecule has 4 N–H and O–H groups in total. The summed E-state index contributed by atoms with van der Waals surface area (Å²) in [5, 5.41) is 16.3. The predicted molar refractivity (Wildman–Crippen MR) is 59.0 cm³/mol. The summed E-state index contributed by atoms with van der Waals surface area (Å²) in [6, 6.07) is 4.87. The molecule has 0 radical (unpaired) electrons. The fourth-order valence-electron chi connectivity index (χ4n) is 1.02. The highest BCUT2D eigenvalue weighted by molar-refractivity contribution is 5.85. The Balaban J connectivity index is 2.78. The van der Waals surface area contributed by atoms with Crippen LogP contribution in [0.25, 0.3) is 0 Å². The summed E-state index contributed by atoms with van der Waals surface area (Å²) in [5.74, 6) is 0.486. The van der Waals surface area contributed by atoms with Crippen LogP contribution in [0.4, 0.5) is 0 Å². The Kier molecular flexibility index (Phi) is 3.68. The van der Waals surface area contributed by atoms with Crippen LogP contribution in [-0.2, 0) is 0 Å². The molecule has 0 saturated heterocycles. The smallest absolute Gasteiger partial charge is 0.161 e. The Morgan fingerprint density at radius 2 is 2.40 bits per heavy atom. The third kappa shape index (κ3) is 3.30.